The van der Waals surface area contributed by atoms with Crippen molar-refractivity contribution in [1.82, 2.24) is 24.9 Å². The molecule has 0 radical (unpaired) electrons. The highest BCUT2D eigenvalue weighted by Crippen LogP contribution is 2.37. The lowest BCUT2D eigenvalue weighted by Crippen LogP contribution is -2.48. The normalized spacial score (nSPS) is 22.5. The molecule has 1 aromatic carbocycles. The third-order valence-electron chi connectivity index (χ3n) is 6.39. The minimum Gasteiger partial charge on any atom is -0.388 e. The van der Waals surface area contributed by atoms with Gasteiger partial charge in [-0.3, -0.25) is 10.00 Å². The molecule has 0 unspecified atom stereocenters. The number of benzene rings is 1. The topological polar surface area (TPSA) is 106 Å². The van der Waals surface area contributed by atoms with Crippen LogP contribution in [0.4, 0.5) is 10.6 Å². The Morgan fingerprint density at radius 3 is 2.76 bits per heavy atom. The quantitative estimate of drug-likeness (QED) is 0.510. The van der Waals surface area contributed by atoms with Crippen molar-refractivity contribution in [3.8, 4) is 16.9 Å². The Balaban J connectivity index is 1.58. The molecule has 0 bridgehead atoms. The van der Waals surface area contributed by atoms with Crippen molar-refractivity contribution in [2.24, 2.45) is 13.0 Å². The Hall–Kier alpha value is -3.17. The Morgan fingerprint density at radius 1 is 1.33 bits per heavy atom. The van der Waals surface area contributed by atoms with E-state index in [1.807, 2.05) is 50.5 Å². The molecular formula is C24H32N6O3. The number of hydrogen-bond donors (Lipinski definition) is 3. The van der Waals surface area contributed by atoms with Crippen molar-refractivity contribution in [2.75, 3.05) is 19.0 Å². The number of aryl methyl sites for hydroxylation is 1. The molecule has 0 aliphatic heterocycles. The molecule has 176 valence electrons. The van der Waals surface area contributed by atoms with E-state index in [0.29, 0.717) is 31.2 Å². The fourth-order valence-electron chi connectivity index (χ4n) is 4.63. The first-order valence-electron chi connectivity index (χ1n) is 11.2. The van der Waals surface area contributed by atoms with Crippen LogP contribution >= 0.6 is 0 Å². The highest BCUT2D eigenvalue weighted by molar-refractivity contribution is 5.91. The summed E-state index contributed by atoms with van der Waals surface area (Å²) in [7, 11) is 3.53. The average Bonchev–Trinajstić information content (AvgIpc) is 3.43. The highest BCUT2D eigenvalue weighted by Gasteiger charge is 2.43. The van der Waals surface area contributed by atoms with Crippen LogP contribution in [0.15, 0.2) is 42.7 Å². The largest absolute Gasteiger partial charge is 0.388 e. The molecule has 3 aromatic rings. The van der Waals surface area contributed by atoms with Crippen molar-refractivity contribution in [2.45, 2.75) is 44.8 Å². The molecule has 4 rings (SSSR count). The third-order valence-corrected chi connectivity index (χ3v) is 6.39. The Bertz CT molecular complexity index is 1100. The standard InChI is InChI=1S/C24H32N6O3/c1-16-21(18-14-25-29(3)15-18)28-30(19-8-6-5-7-9-19)22(16)27-23(31)26-20-12-17(10-11-33-4)13-24(20,2)32/h5-9,14-15,17,20,32H,10-13H2,1-4H3,(H2,26,27,31)/t17-,20-,24+/m1/s1. The minimum atomic E-state index is -0.967. The Kier molecular flexibility index (Phi) is 6.53. The van der Waals surface area contributed by atoms with E-state index in [1.54, 1.807) is 29.6 Å². The van der Waals surface area contributed by atoms with Crippen LogP contribution in [0, 0.1) is 12.8 Å². The Morgan fingerprint density at radius 2 is 2.09 bits per heavy atom. The van der Waals surface area contributed by atoms with E-state index in [0.717, 1.165) is 28.9 Å². The van der Waals surface area contributed by atoms with Gasteiger partial charge in [0.15, 0.2) is 0 Å². The van der Waals surface area contributed by atoms with Crippen LogP contribution < -0.4 is 10.6 Å². The SMILES string of the molecule is COCC[C@@H]1C[C@@H](NC(=O)Nc2c(C)c(-c3cnn(C)c3)nn2-c2ccccc2)[C@@](C)(O)C1. The molecule has 2 aromatic heterocycles. The first-order chi connectivity index (χ1) is 15.8. The van der Waals surface area contributed by atoms with Gasteiger partial charge in [0.05, 0.1) is 23.5 Å². The summed E-state index contributed by atoms with van der Waals surface area (Å²) in [6.07, 6.45) is 5.85. The van der Waals surface area contributed by atoms with Gasteiger partial charge in [-0.15, -0.1) is 0 Å². The van der Waals surface area contributed by atoms with Crippen molar-refractivity contribution in [3.05, 3.63) is 48.3 Å². The van der Waals surface area contributed by atoms with Crippen LogP contribution in [0.1, 0.15) is 31.7 Å². The first kappa shape index (κ1) is 23.0. The lowest BCUT2D eigenvalue weighted by Gasteiger charge is -2.26. The predicted molar refractivity (Wildman–Crippen MR) is 126 cm³/mol. The summed E-state index contributed by atoms with van der Waals surface area (Å²) < 4.78 is 8.63. The third kappa shape index (κ3) is 4.94. The number of nitrogens with one attached hydrogen (secondary N) is 2. The van der Waals surface area contributed by atoms with Crippen molar-refractivity contribution < 1.29 is 14.6 Å². The lowest BCUT2D eigenvalue weighted by molar-refractivity contribution is 0.0391. The molecule has 33 heavy (non-hydrogen) atoms. The zero-order chi connectivity index (χ0) is 23.6. The van der Waals surface area contributed by atoms with Crippen LogP contribution in [0.3, 0.4) is 0 Å². The molecule has 1 saturated carbocycles. The molecular weight excluding hydrogens is 420 g/mol. The van der Waals surface area contributed by atoms with Crippen LogP contribution in [0.2, 0.25) is 0 Å². The number of aromatic nitrogens is 4. The number of ether oxygens (including phenoxy) is 1. The maximum atomic E-state index is 13.0. The minimum absolute atomic E-state index is 0.305. The lowest BCUT2D eigenvalue weighted by atomic mass is 9.99. The predicted octanol–water partition coefficient (Wildman–Crippen LogP) is 3.27. The van der Waals surface area contributed by atoms with Crippen molar-refractivity contribution in [1.29, 1.82) is 0 Å². The number of rotatable bonds is 7. The number of nitrogens with zero attached hydrogens (tertiary/aromatic N) is 4. The van der Waals surface area contributed by atoms with Gasteiger partial charge < -0.3 is 15.2 Å². The first-order valence-corrected chi connectivity index (χ1v) is 11.2. The zero-order valence-corrected chi connectivity index (χ0v) is 19.6. The second-order valence-electron chi connectivity index (χ2n) is 9.07. The van der Waals surface area contributed by atoms with E-state index in [1.165, 1.54) is 0 Å². The second kappa shape index (κ2) is 9.36. The monoisotopic (exact) mass is 452 g/mol. The number of methoxy groups -OCH3 is 1. The molecule has 1 aliphatic rings. The van der Waals surface area contributed by atoms with Gasteiger partial charge in [0.1, 0.15) is 11.5 Å². The zero-order valence-electron chi connectivity index (χ0n) is 19.6. The number of urea groups is 1. The number of hydrogen-bond acceptors (Lipinski definition) is 5. The summed E-state index contributed by atoms with van der Waals surface area (Å²) in [6.45, 7) is 4.36. The van der Waals surface area contributed by atoms with Gasteiger partial charge in [0.2, 0.25) is 0 Å². The molecule has 0 saturated heterocycles. The summed E-state index contributed by atoms with van der Waals surface area (Å²) in [5.41, 5.74) is 2.31. The maximum Gasteiger partial charge on any atom is 0.320 e. The van der Waals surface area contributed by atoms with E-state index in [4.69, 9.17) is 9.84 Å². The summed E-state index contributed by atoms with van der Waals surface area (Å²) in [6, 6.07) is 8.95. The van der Waals surface area contributed by atoms with Crippen LogP contribution in [-0.4, -0.2) is 56.1 Å². The average molecular weight is 453 g/mol. The van der Waals surface area contributed by atoms with Crippen molar-refractivity contribution >= 4 is 11.8 Å². The summed E-state index contributed by atoms with van der Waals surface area (Å²) in [4.78, 5) is 13.0. The summed E-state index contributed by atoms with van der Waals surface area (Å²) in [5, 5.41) is 25.9. The van der Waals surface area contributed by atoms with E-state index >= 15 is 0 Å². The van der Waals surface area contributed by atoms with Gasteiger partial charge in [-0.25, -0.2) is 9.48 Å². The fraction of sp³-hybridized carbons (Fsp3) is 0.458. The number of carbonyl (C=O) groups excluding carboxylic acids is 1. The van der Waals surface area contributed by atoms with E-state index < -0.39 is 5.60 Å². The second-order valence-corrected chi connectivity index (χ2v) is 9.07. The van der Waals surface area contributed by atoms with Crippen LogP contribution in [0.25, 0.3) is 16.9 Å². The number of amides is 2. The number of carbonyl (C=O) groups is 1. The van der Waals surface area contributed by atoms with E-state index in [-0.39, 0.29) is 12.1 Å². The fourth-order valence-corrected chi connectivity index (χ4v) is 4.63. The number of para-hydroxylation sites is 1. The van der Waals surface area contributed by atoms with Gasteiger partial charge in [0, 0.05) is 38.1 Å². The van der Waals surface area contributed by atoms with Crippen molar-refractivity contribution in [3.63, 3.8) is 0 Å². The van der Waals surface area contributed by atoms with Crippen LogP contribution in [-0.2, 0) is 11.8 Å². The maximum absolute atomic E-state index is 13.0. The Labute approximate surface area is 193 Å². The van der Waals surface area contributed by atoms with E-state index in [9.17, 15) is 9.90 Å². The van der Waals surface area contributed by atoms with Gasteiger partial charge >= 0.3 is 6.03 Å². The van der Waals surface area contributed by atoms with Gasteiger partial charge in [0.25, 0.3) is 0 Å². The summed E-state index contributed by atoms with van der Waals surface area (Å²) in [5.74, 6) is 0.880. The molecule has 9 heteroatoms. The molecule has 2 amide bonds. The smallest absolute Gasteiger partial charge is 0.320 e. The molecule has 1 fully saturated rings. The molecule has 9 nitrogen and oxygen atoms in total. The van der Waals surface area contributed by atoms with Gasteiger partial charge in [-0.1, -0.05) is 18.2 Å². The molecule has 2 heterocycles. The highest BCUT2D eigenvalue weighted by atomic mass is 16.5. The summed E-state index contributed by atoms with van der Waals surface area (Å²) >= 11 is 0. The van der Waals surface area contributed by atoms with Gasteiger partial charge in [-0.05, 0) is 51.2 Å². The number of anilines is 1. The van der Waals surface area contributed by atoms with Crippen LogP contribution in [0.5, 0.6) is 0 Å². The molecule has 0 spiro atoms. The number of aliphatic hydroxyl groups is 1. The molecule has 3 atom stereocenters. The molecule has 1 aliphatic carbocycles. The van der Waals surface area contributed by atoms with Gasteiger partial charge in [-0.2, -0.15) is 10.2 Å². The van der Waals surface area contributed by atoms with E-state index in [2.05, 4.69) is 15.7 Å². The molecule has 3 N–H and O–H groups in total.